The summed E-state index contributed by atoms with van der Waals surface area (Å²) in [6.07, 6.45) is -2.58. The molecule has 1 aromatic rings. The maximum absolute atomic E-state index is 12.7. The molecule has 2 rings (SSSR count). The maximum atomic E-state index is 12.7. The number of hydrogen-bond acceptors (Lipinski definition) is 4. The third-order valence-electron chi connectivity index (χ3n) is 4.37. The first kappa shape index (κ1) is 24.2. The molecule has 1 heterocycles. The van der Waals surface area contributed by atoms with Gasteiger partial charge in [0, 0.05) is 25.9 Å². The molecule has 0 spiro atoms. The molecule has 0 bridgehead atoms. The van der Waals surface area contributed by atoms with Gasteiger partial charge < -0.3 is 15.5 Å². The first-order chi connectivity index (χ1) is 12.7. The van der Waals surface area contributed by atoms with E-state index in [4.69, 9.17) is 10.6 Å². The lowest BCUT2D eigenvalue weighted by Crippen LogP contribution is -2.47. The quantitative estimate of drug-likeness (QED) is 0.706. The third kappa shape index (κ3) is 7.31. The van der Waals surface area contributed by atoms with E-state index in [0.717, 1.165) is 17.8 Å². The second-order valence-electron chi connectivity index (χ2n) is 7.19. The summed E-state index contributed by atoms with van der Waals surface area (Å²) in [5.74, 6) is 0.308. The molecule has 1 fully saturated rings. The number of carbonyl (C=O) groups excluding carboxylic acids is 1. The molecule has 1 atom stereocenters. The van der Waals surface area contributed by atoms with Gasteiger partial charge >= 0.3 is 6.18 Å². The van der Waals surface area contributed by atoms with Gasteiger partial charge in [0.25, 0.3) is 0 Å². The van der Waals surface area contributed by atoms with Crippen molar-refractivity contribution in [3.63, 3.8) is 0 Å². The Labute approximate surface area is 169 Å². The van der Waals surface area contributed by atoms with Crippen LogP contribution in [0.3, 0.4) is 0 Å². The van der Waals surface area contributed by atoms with E-state index in [9.17, 15) is 18.0 Å². The molecule has 0 unspecified atom stereocenters. The van der Waals surface area contributed by atoms with Crippen LogP contribution in [0.15, 0.2) is 29.4 Å². The Kier molecular flexibility index (Phi) is 9.23. The van der Waals surface area contributed by atoms with Gasteiger partial charge in [0.05, 0.1) is 17.3 Å². The molecule has 1 aliphatic heterocycles. The minimum absolute atomic E-state index is 0. The van der Waals surface area contributed by atoms with Crippen LogP contribution in [-0.2, 0) is 22.4 Å². The molecule has 0 radical (unpaired) electrons. The number of nitrogens with zero attached hydrogens (tertiary/aromatic N) is 2. The van der Waals surface area contributed by atoms with Crippen LogP contribution in [0.1, 0.15) is 44.2 Å². The fraction of sp³-hybridized carbons (Fsp3) is 0.579. The number of alkyl halides is 3. The van der Waals surface area contributed by atoms with E-state index in [1.54, 1.807) is 11.0 Å². The minimum atomic E-state index is -4.38. The van der Waals surface area contributed by atoms with Gasteiger partial charge in [-0.2, -0.15) is 13.2 Å². The largest absolute Gasteiger partial charge is 0.416 e. The molecule has 0 aliphatic carbocycles. The van der Waals surface area contributed by atoms with Crippen LogP contribution in [0.2, 0.25) is 0 Å². The van der Waals surface area contributed by atoms with E-state index in [1.165, 1.54) is 6.07 Å². The molecule has 2 N–H and O–H groups in total. The van der Waals surface area contributed by atoms with Gasteiger partial charge in [-0.25, -0.2) is 0 Å². The molecule has 1 aliphatic rings. The predicted molar refractivity (Wildman–Crippen MR) is 104 cm³/mol. The van der Waals surface area contributed by atoms with Gasteiger partial charge in [-0.15, -0.1) is 12.4 Å². The van der Waals surface area contributed by atoms with Crippen molar-refractivity contribution in [1.82, 2.24) is 4.90 Å². The molecule has 28 heavy (non-hydrogen) atoms. The van der Waals surface area contributed by atoms with Gasteiger partial charge in [0.15, 0.2) is 0 Å². The zero-order valence-electron chi connectivity index (χ0n) is 16.0. The summed E-state index contributed by atoms with van der Waals surface area (Å²) in [6.45, 7) is 5.06. The highest BCUT2D eigenvalue weighted by atomic mass is 35.5. The highest BCUT2D eigenvalue weighted by Crippen LogP contribution is 2.29. The first-order valence-electron chi connectivity index (χ1n) is 9.05. The normalized spacial score (nSPS) is 15.8. The Balaban J connectivity index is 0.00000392. The number of carbonyl (C=O) groups is 1. The van der Waals surface area contributed by atoms with Crippen LogP contribution in [0.5, 0.6) is 0 Å². The topological polar surface area (TPSA) is 67.9 Å². The van der Waals surface area contributed by atoms with Crippen molar-refractivity contribution in [3.8, 4) is 0 Å². The number of nitrogens with two attached hydrogens (primary N) is 1. The first-order valence-corrected chi connectivity index (χ1v) is 9.05. The molecule has 9 heteroatoms. The van der Waals surface area contributed by atoms with E-state index in [-0.39, 0.29) is 24.9 Å². The summed E-state index contributed by atoms with van der Waals surface area (Å²) in [4.78, 5) is 19.2. The number of amides is 1. The van der Waals surface area contributed by atoms with Crippen molar-refractivity contribution < 1.29 is 22.8 Å². The molecule has 1 aromatic carbocycles. The van der Waals surface area contributed by atoms with Crippen LogP contribution in [-0.4, -0.2) is 35.7 Å². The number of piperidine rings is 1. The Morgan fingerprint density at radius 1 is 1.29 bits per heavy atom. The van der Waals surface area contributed by atoms with Crippen LogP contribution in [0, 0.1) is 5.92 Å². The van der Waals surface area contributed by atoms with Crippen LogP contribution in [0.25, 0.3) is 0 Å². The number of likely N-dealkylation sites (tertiary alicyclic amines) is 1. The number of hydrogen-bond donors (Lipinski definition) is 1. The minimum Gasteiger partial charge on any atom is -0.391 e. The summed E-state index contributed by atoms with van der Waals surface area (Å²) in [5.41, 5.74) is 6.44. The lowest BCUT2D eigenvalue weighted by atomic mass is 10.0. The fourth-order valence-corrected chi connectivity index (χ4v) is 2.96. The molecule has 0 saturated carbocycles. The van der Waals surface area contributed by atoms with Crippen molar-refractivity contribution in [2.75, 3.05) is 13.1 Å². The summed E-state index contributed by atoms with van der Waals surface area (Å²) in [6, 6.07) is 4.50. The number of benzene rings is 1. The van der Waals surface area contributed by atoms with E-state index in [0.29, 0.717) is 43.8 Å². The second-order valence-corrected chi connectivity index (χ2v) is 7.19. The molecular formula is C19H27ClF3N3O2. The Morgan fingerprint density at radius 2 is 1.93 bits per heavy atom. The molecular weight excluding hydrogens is 395 g/mol. The summed E-state index contributed by atoms with van der Waals surface area (Å²) in [5, 5.41) is 4.02. The van der Waals surface area contributed by atoms with Gasteiger partial charge in [0.2, 0.25) is 5.91 Å². The predicted octanol–water partition coefficient (Wildman–Crippen LogP) is 4.00. The summed E-state index contributed by atoms with van der Waals surface area (Å²) < 4.78 is 38.1. The highest BCUT2D eigenvalue weighted by Gasteiger charge is 2.30. The van der Waals surface area contributed by atoms with Crippen molar-refractivity contribution >= 4 is 24.0 Å². The standard InChI is InChI=1S/C19H26F3N3O2.ClH/c1-13(2)10-17(23)18(26)25-8-6-16(7-9-25)24-27-12-14-4-3-5-15(11-14)19(20,21)22;/h3-5,11,13,17H,6-10,12,23H2,1-2H3;1H/t17-;/m0./s1. The van der Waals surface area contributed by atoms with Crippen LogP contribution < -0.4 is 5.73 Å². The Morgan fingerprint density at radius 3 is 2.50 bits per heavy atom. The third-order valence-corrected chi connectivity index (χ3v) is 4.37. The van der Waals surface area contributed by atoms with E-state index in [2.05, 4.69) is 5.16 Å². The smallest absolute Gasteiger partial charge is 0.391 e. The molecule has 1 saturated heterocycles. The molecule has 0 aromatic heterocycles. The summed E-state index contributed by atoms with van der Waals surface area (Å²) >= 11 is 0. The van der Waals surface area contributed by atoms with Gasteiger partial charge in [-0.1, -0.05) is 31.1 Å². The summed E-state index contributed by atoms with van der Waals surface area (Å²) in [7, 11) is 0. The van der Waals surface area contributed by atoms with E-state index in [1.807, 2.05) is 13.8 Å². The van der Waals surface area contributed by atoms with Crippen molar-refractivity contribution in [2.45, 2.75) is 51.9 Å². The Hall–Kier alpha value is -1.80. The van der Waals surface area contributed by atoms with Gasteiger partial charge in [0.1, 0.15) is 6.61 Å². The highest BCUT2D eigenvalue weighted by molar-refractivity contribution is 5.88. The maximum Gasteiger partial charge on any atom is 0.416 e. The SMILES string of the molecule is CC(C)C[C@H](N)C(=O)N1CCC(=NOCc2cccc(C(F)(F)F)c2)CC1.Cl. The van der Waals surface area contributed by atoms with Crippen LogP contribution in [0.4, 0.5) is 13.2 Å². The average Bonchev–Trinajstić information content (AvgIpc) is 2.60. The number of rotatable bonds is 6. The Bertz CT molecular complexity index is 671. The van der Waals surface area contributed by atoms with Crippen molar-refractivity contribution in [3.05, 3.63) is 35.4 Å². The zero-order valence-corrected chi connectivity index (χ0v) is 16.9. The molecule has 5 nitrogen and oxygen atoms in total. The van der Waals surface area contributed by atoms with E-state index >= 15 is 0 Å². The lowest BCUT2D eigenvalue weighted by molar-refractivity contribution is -0.137. The average molecular weight is 422 g/mol. The monoisotopic (exact) mass is 421 g/mol. The van der Waals surface area contributed by atoms with Crippen LogP contribution >= 0.6 is 12.4 Å². The second kappa shape index (κ2) is 10.7. The van der Waals surface area contributed by atoms with Crippen molar-refractivity contribution in [2.24, 2.45) is 16.8 Å². The zero-order chi connectivity index (χ0) is 20.0. The lowest BCUT2D eigenvalue weighted by Gasteiger charge is -2.30. The van der Waals surface area contributed by atoms with Crippen molar-refractivity contribution in [1.29, 1.82) is 0 Å². The number of halogens is 4. The van der Waals surface area contributed by atoms with Gasteiger partial charge in [-0.3, -0.25) is 4.79 Å². The number of oxime groups is 1. The molecule has 1 amide bonds. The van der Waals surface area contributed by atoms with Gasteiger partial charge in [-0.05, 0) is 30.0 Å². The fourth-order valence-electron chi connectivity index (χ4n) is 2.96. The van der Waals surface area contributed by atoms with E-state index < -0.39 is 17.8 Å². The molecule has 158 valence electrons.